The van der Waals surface area contributed by atoms with Gasteiger partial charge in [0.1, 0.15) is 24.0 Å². The zero-order chi connectivity index (χ0) is 29.9. The SMILES string of the molecule is CCNc1nc(N)nc2c1ncn2[C@@H]1O[C@H](COP(=O)(N[C@@H](C)C(=O)OC(C)C)Oc2ccccc2)[C@@H](O)[C@@]1(C)F. The number of carbonyl (C=O) groups excluding carboxylic acids is 1. The fraction of sp³-hybridized carbons (Fsp3) is 0.520. The van der Waals surface area contributed by atoms with Gasteiger partial charge >= 0.3 is 13.7 Å². The molecule has 0 bridgehead atoms. The number of ether oxygens (including phenoxy) is 2. The summed E-state index contributed by atoms with van der Waals surface area (Å²) in [6.45, 7) is 7.78. The Kier molecular flexibility index (Phi) is 9.14. The summed E-state index contributed by atoms with van der Waals surface area (Å²) in [6.07, 6.45) is -3.51. The predicted octanol–water partition coefficient (Wildman–Crippen LogP) is 2.96. The van der Waals surface area contributed by atoms with E-state index in [0.717, 1.165) is 6.92 Å². The van der Waals surface area contributed by atoms with Crippen LogP contribution in [0.1, 0.15) is 40.8 Å². The van der Waals surface area contributed by atoms with Gasteiger partial charge in [0.25, 0.3) is 0 Å². The standard InChI is InChI=1S/C25H35FN7O7P/c1-6-28-20-18-21(31-24(27)30-20)33(13-29-18)23-25(5,26)19(34)17(39-23)12-37-41(36,40-16-10-8-7-9-11-16)32-15(4)22(35)38-14(2)3/h7-11,13-15,17,19,23,34H,6,12H2,1-5H3,(H,32,36)(H3,27,28,30,31)/t15-,17+,19+,23+,25+,41?/m0/s1. The van der Waals surface area contributed by atoms with E-state index in [2.05, 4.69) is 25.4 Å². The summed E-state index contributed by atoms with van der Waals surface area (Å²) in [5.41, 5.74) is 4.03. The first-order valence-electron chi connectivity index (χ1n) is 13.1. The number of aliphatic hydroxyl groups is 1. The Morgan fingerprint density at radius 1 is 1.29 bits per heavy atom. The number of carbonyl (C=O) groups is 1. The van der Waals surface area contributed by atoms with Gasteiger partial charge in [-0.3, -0.25) is 13.9 Å². The Morgan fingerprint density at radius 2 is 2.00 bits per heavy atom. The van der Waals surface area contributed by atoms with Crippen LogP contribution in [0.4, 0.5) is 16.2 Å². The molecular weight excluding hydrogens is 560 g/mol. The molecule has 0 saturated carbocycles. The lowest BCUT2D eigenvalue weighted by Crippen LogP contribution is -2.41. The number of hydrogen-bond acceptors (Lipinski definition) is 12. The maximum atomic E-state index is 16.0. The molecule has 2 aromatic heterocycles. The van der Waals surface area contributed by atoms with Crippen LogP contribution < -0.4 is 20.7 Å². The molecule has 1 aromatic carbocycles. The number of benzene rings is 1. The van der Waals surface area contributed by atoms with Crippen molar-refractivity contribution in [2.45, 2.75) is 70.9 Å². The molecule has 41 heavy (non-hydrogen) atoms. The van der Waals surface area contributed by atoms with Crippen LogP contribution in [0.2, 0.25) is 0 Å². The van der Waals surface area contributed by atoms with Crippen LogP contribution >= 0.6 is 7.75 Å². The number of hydrogen-bond donors (Lipinski definition) is 4. The number of esters is 1. The van der Waals surface area contributed by atoms with E-state index in [4.69, 9.17) is 24.3 Å². The van der Waals surface area contributed by atoms with Crippen molar-refractivity contribution in [1.82, 2.24) is 24.6 Å². The van der Waals surface area contributed by atoms with Gasteiger partial charge in [0.05, 0.1) is 19.0 Å². The maximum absolute atomic E-state index is 16.0. The van der Waals surface area contributed by atoms with Gasteiger partial charge in [-0.15, -0.1) is 0 Å². The van der Waals surface area contributed by atoms with Crippen molar-refractivity contribution >= 4 is 36.6 Å². The molecule has 1 unspecified atom stereocenters. The number of nitrogens with one attached hydrogen (secondary N) is 2. The van der Waals surface area contributed by atoms with Crippen LogP contribution in [0.3, 0.4) is 0 Å². The highest BCUT2D eigenvalue weighted by atomic mass is 31.2. The Hall–Kier alpha value is -3.36. The Balaban J connectivity index is 1.56. The Morgan fingerprint density at radius 3 is 2.66 bits per heavy atom. The summed E-state index contributed by atoms with van der Waals surface area (Å²) in [5, 5.41) is 16.5. The summed E-state index contributed by atoms with van der Waals surface area (Å²) in [7, 11) is -4.28. The molecule has 1 fully saturated rings. The topological polar surface area (TPSA) is 185 Å². The molecule has 1 aliphatic rings. The first-order valence-corrected chi connectivity index (χ1v) is 14.6. The first kappa shape index (κ1) is 30.6. The van der Waals surface area contributed by atoms with Crippen LogP contribution in [-0.2, 0) is 23.4 Å². The highest BCUT2D eigenvalue weighted by Gasteiger charge is 2.56. The van der Waals surface area contributed by atoms with Gasteiger partial charge in [0, 0.05) is 6.54 Å². The van der Waals surface area contributed by atoms with E-state index in [1.54, 1.807) is 44.2 Å². The number of rotatable bonds is 12. The van der Waals surface area contributed by atoms with Crippen molar-refractivity contribution < 1.29 is 37.4 Å². The molecule has 0 aliphatic carbocycles. The fourth-order valence-corrected chi connectivity index (χ4v) is 5.75. The minimum Gasteiger partial charge on any atom is -0.462 e. The van der Waals surface area contributed by atoms with Crippen molar-refractivity contribution in [3.63, 3.8) is 0 Å². The molecule has 6 atom stereocenters. The van der Waals surface area contributed by atoms with Gasteiger partial charge in [-0.2, -0.15) is 15.1 Å². The second kappa shape index (κ2) is 12.2. The van der Waals surface area contributed by atoms with Gasteiger partial charge in [-0.05, 0) is 46.8 Å². The predicted molar refractivity (Wildman–Crippen MR) is 148 cm³/mol. The van der Waals surface area contributed by atoms with E-state index in [1.165, 1.54) is 17.8 Å². The average molecular weight is 596 g/mol. The maximum Gasteiger partial charge on any atom is 0.459 e. The molecule has 3 aromatic rings. The minimum atomic E-state index is -4.28. The van der Waals surface area contributed by atoms with Crippen LogP contribution in [0.25, 0.3) is 11.2 Å². The third-order valence-corrected chi connectivity index (χ3v) is 7.83. The zero-order valence-corrected chi connectivity index (χ0v) is 24.2. The molecule has 16 heteroatoms. The van der Waals surface area contributed by atoms with Gasteiger partial charge in [-0.25, -0.2) is 13.9 Å². The van der Waals surface area contributed by atoms with Crippen molar-refractivity contribution in [2.75, 3.05) is 24.2 Å². The van der Waals surface area contributed by atoms with Gasteiger partial charge < -0.3 is 30.2 Å². The lowest BCUT2D eigenvalue weighted by atomic mass is 9.98. The summed E-state index contributed by atoms with van der Waals surface area (Å²) < 4.78 is 53.4. The smallest absolute Gasteiger partial charge is 0.459 e. The van der Waals surface area contributed by atoms with E-state index in [1.807, 2.05) is 6.92 Å². The lowest BCUT2D eigenvalue weighted by molar-refractivity contribution is -0.149. The van der Waals surface area contributed by atoms with Crippen LogP contribution in [0.5, 0.6) is 5.75 Å². The minimum absolute atomic E-state index is 0.0654. The quantitative estimate of drug-likeness (QED) is 0.177. The molecule has 1 aliphatic heterocycles. The molecule has 4 rings (SSSR count). The van der Waals surface area contributed by atoms with Crippen molar-refractivity contribution in [3.8, 4) is 5.75 Å². The third-order valence-electron chi connectivity index (χ3n) is 6.19. The zero-order valence-electron chi connectivity index (χ0n) is 23.4. The number of alkyl halides is 1. The number of nitrogens with zero attached hydrogens (tertiary/aromatic N) is 4. The summed E-state index contributed by atoms with van der Waals surface area (Å²) in [6, 6.07) is 7.06. The summed E-state index contributed by atoms with van der Waals surface area (Å²) in [5.74, 6) is -0.195. The lowest BCUT2D eigenvalue weighted by Gasteiger charge is -2.25. The monoisotopic (exact) mass is 595 g/mol. The highest BCUT2D eigenvalue weighted by Crippen LogP contribution is 2.48. The normalized spacial score (nSPS) is 24.7. The number of aliphatic hydroxyl groups excluding tert-OH is 1. The van der Waals surface area contributed by atoms with Gasteiger partial charge in [-0.1, -0.05) is 18.2 Å². The number of anilines is 2. The van der Waals surface area contributed by atoms with E-state index in [9.17, 15) is 14.5 Å². The van der Waals surface area contributed by atoms with Gasteiger partial charge in [0.15, 0.2) is 28.9 Å². The van der Waals surface area contributed by atoms with Crippen molar-refractivity contribution in [2.24, 2.45) is 0 Å². The van der Waals surface area contributed by atoms with Gasteiger partial charge in [0.2, 0.25) is 5.95 Å². The molecule has 0 spiro atoms. The summed E-state index contributed by atoms with van der Waals surface area (Å²) >= 11 is 0. The number of nitrogen functional groups attached to an aromatic ring is 1. The first-order chi connectivity index (χ1) is 19.3. The second-order valence-corrected chi connectivity index (χ2v) is 11.6. The van der Waals surface area contributed by atoms with E-state index >= 15 is 4.39 Å². The molecular formula is C25H35FN7O7P. The molecule has 1 saturated heterocycles. The number of para-hydroxylation sites is 1. The largest absolute Gasteiger partial charge is 0.462 e. The number of fused-ring (bicyclic) bond motifs is 1. The molecule has 0 amide bonds. The van der Waals surface area contributed by atoms with E-state index < -0.39 is 56.6 Å². The molecule has 14 nitrogen and oxygen atoms in total. The highest BCUT2D eigenvalue weighted by molar-refractivity contribution is 7.52. The van der Waals surface area contributed by atoms with Crippen molar-refractivity contribution in [1.29, 1.82) is 0 Å². The second-order valence-electron chi connectivity index (χ2n) is 9.94. The van der Waals surface area contributed by atoms with Crippen LogP contribution in [0.15, 0.2) is 36.7 Å². The number of nitrogens with two attached hydrogens (primary N) is 1. The average Bonchev–Trinajstić information content (AvgIpc) is 3.41. The number of aromatic nitrogens is 4. The molecule has 0 radical (unpaired) electrons. The van der Waals surface area contributed by atoms with E-state index in [-0.39, 0.29) is 17.3 Å². The van der Waals surface area contributed by atoms with Crippen LogP contribution in [0, 0.1) is 0 Å². The molecule has 5 N–H and O–H groups in total. The third kappa shape index (κ3) is 6.76. The number of halogens is 1. The molecule has 224 valence electrons. The molecule has 3 heterocycles. The Labute approximate surface area is 236 Å². The Bertz CT molecular complexity index is 1410. The van der Waals surface area contributed by atoms with Crippen molar-refractivity contribution in [3.05, 3.63) is 36.7 Å². The summed E-state index contributed by atoms with van der Waals surface area (Å²) in [4.78, 5) is 25.0. The van der Waals surface area contributed by atoms with Crippen LogP contribution in [-0.4, -0.2) is 73.8 Å². The fourth-order valence-electron chi connectivity index (χ4n) is 4.25. The van der Waals surface area contributed by atoms with E-state index in [0.29, 0.717) is 17.9 Å². The number of imidazole rings is 1.